The molecule has 1 saturated heterocycles. The quantitative estimate of drug-likeness (QED) is 0.608. The predicted octanol–water partition coefficient (Wildman–Crippen LogP) is 4.45. The Morgan fingerprint density at radius 1 is 0.812 bits per heavy atom. The molecule has 4 heteroatoms. The summed E-state index contributed by atoms with van der Waals surface area (Å²) in [4.78, 5) is 0. The number of thioether (sulfide) groups is 1. The van der Waals surface area contributed by atoms with Crippen LogP contribution in [0, 0.1) is 0 Å². The maximum atomic E-state index is 12.5. The Bertz CT molecular complexity index is 291. The van der Waals surface area contributed by atoms with Gasteiger partial charge in [-0.3, -0.25) is 0 Å². The molecule has 1 unspecified atom stereocenters. The van der Waals surface area contributed by atoms with Crippen molar-refractivity contribution in [2.45, 2.75) is 72.4 Å². The highest BCUT2D eigenvalue weighted by atomic mass is 33.1. The van der Waals surface area contributed by atoms with E-state index in [4.69, 9.17) is 0 Å². The SMILES string of the molecule is O=S1SC2(CCCCC2)SC12CCCCC2. The lowest BCUT2D eigenvalue weighted by molar-refractivity contribution is 0.468. The highest BCUT2D eigenvalue weighted by Crippen LogP contribution is 2.66. The first-order chi connectivity index (χ1) is 7.75. The maximum absolute atomic E-state index is 12.5. The molecule has 0 bridgehead atoms. The van der Waals surface area contributed by atoms with Gasteiger partial charge in [0.1, 0.15) is 4.08 Å². The van der Waals surface area contributed by atoms with Gasteiger partial charge >= 0.3 is 0 Å². The summed E-state index contributed by atoms with van der Waals surface area (Å²) >= 11 is 2.13. The molecular formula is C12H20OS3. The molecule has 3 aliphatic rings. The zero-order chi connectivity index (χ0) is 11.1. The van der Waals surface area contributed by atoms with Gasteiger partial charge in [-0.05, 0) is 36.5 Å². The summed E-state index contributed by atoms with van der Waals surface area (Å²) in [5, 5.41) is 0. The van der Waals surface area contributed by atoms with E-state index >= 15 is 0 Å². The minimum Gasteiger partial charge on any atom is -0.246 e. The van der Waals surface area contributed by atoms with Crippen LogP contribution >= 0.6 is 22.6 Å². The summed E-state index contributed by atoms with van der Waals surface area (Å²) in [7, 11) is 1.20. The third kappa shape index (κ3) is 1.99. The third-order valence-corrected chi connectivity index (χ3v) is 11.8. The van der Waals surface area contributed by atoms with Crippen LogP contribution in [0.5, 0.6) is 0 Å². The third-order valence-electron chi connectivity index (χ3n) is 4.13. The Balaban J connectivity index is 1.80. The lowest BCUT2D eigenvalue weighted by Crippen LogP contribution is -2.30. The topological polar surface area (TPSA) is 17.1 Å². The van der Waals surface area contributed by atoms with E-state index in [1.165, 1.54) is 64.2 Å². The van der Waals surface area contributed by atoms with Gasteiger partial charge in [-0.2, -0.15) is 0 Å². The minimum absolute atomic E-state index is 0.153. The van der Waals surface area contributed by atoms with Crippen molar-refractivity contribution < 1.29 is 4.21 Å². The summed E-state index contributed by atoms with van der Waals surface area (Å²) in [5.41, 5.74) is 0. The molecule has 0 radical (unpaired) electrons. The molecule has 0 aromatic carbocycles. The number of hydrogen-bond donors (Lipinski definition) is 0. The Hall–Kier alpha value is 0.850. The molecule has 0 aromatic heterocycles. The summed E-state index contributed by atoms with van der Waals surface area (Å²) in [6.07, 6.45) is 13.1. The van der Waals surface area contributed by atoms with Gasteiger partial charge in [0.2, 0.25) is 0 Å². The van der Waals surface area contributed by atoms with E-state index in [9.17, 15) is 4.21 Å². The second kappa shape index (κ2) is 4.51. The average molecular weight is 276 g/mol. The van der Waals surface area contributed by atoms with Crippen molar-refractivity contribution in [2.75, 3.05) is 0 Å². The molecule has 0 aromatic rings. The van der Waals surface area contributed by atoms with Crippen LogP contribution in [0.4, 0.5) is 0 Å². The normalized spacial score (nSPS) is 36.9. The van der Waals surface area contributed by atoms with Crippen LogP contribution in [0.1, 0.15) is 64.2 Å². The summed E-state index contributed by atoms with van der Waals surface area (Å²) < 4.78 is 13.0. The van der Waals surface area contributed by atoms with Crippen molar-refractivity contribution >= 4 is 32.4 Å². The maximum Gasteiger partial charge on any atom is 0.102 e. The fourth-order valence-corrected chi connectivity index (χ4v) is 11.7. The highest BCUT2D eigenvalue weighted by molar-refractivity contribution is 8.76. The smallest absolute Gasteiger partial charge is 0.102 e. The largest absolute Gasteiger partial charge is 0.246 e. The van der Waals surface area contributed by atoms with Crippen LogP contribution in [-0.4, -0.2) is 12.4 Å². The molecule has 92 valence electrons. The molecule has 1 atom stereocenters. The average Bonchev–Trinajstić information content (AvgIpc) is 2.54. The fraction of sp³-hybridized carbons (Fsp3) is 1.00. The van der Waals surface area contributed by atoms with Gasteiger partial charge < -0.3 is 0 Å². The molecule has 0 N–H and O–H groups in total. The molecule has 16 heavy (non-hydrogen) atoms. The summed E-state index contributed by atoms with van der Waals surface area (Å²) in [6, 6.07) is 0. The first-order valence-electron chi connectivity index (χ1n) is 6.56. The van der Waals surface area contributed by atoms with E-state index in [1.54, 1.807) is 0 Å². The van der Waals surface area contributed by atoms with Crippen LogP contribution in [-0.2, 0) is 9.83 Å². The molecule has 1 aliphatic heterocycles. The Kier molecular flexibility index (Phi) is 3.36. The molecular weight excluding hydrogens is 256 g/mol. The monoisotopic (exact) mass is 276 g/mol. The molecule has 0 amide bonds. The molecule has 3 fully saturated rings. The lowest BCUT2D eigenvalue weighted by Gasteiger charge is -2.35. The Labute approximate surface area is 109 Å². The van der Waals surface area contributed by atoms with Gasteiger partial charge in [-0.15, -0.1) is 11.8 Å². The molecule has 1 nitrogen and oxygen atoms in total. The van der Waals surface area contributed by atoms with Crippen LogP contribution in [0.2, 0.25) is 0 Å². The summed E-state index contributed by atoms with van der Waals surface area (Å²) in [6.45, 7) is 0. The molecule has 2 aliphatic carbocycles. The zero-order valence-corrected chi connectivity index (χ0v) is 12.2. The zero-order valence-electron chi connectivity index (χ0n) is 9.70. The predicted molar refractivity (Wildman–Crippen MR) is 75.0 cm³/mol. The fourth-order valence-electron chi connectivity index (χ4n) is 3.24. The first-order valence-corrected chi connectivity index (χ1v) is 9.86. The van der Waals surface area contributed by atoms with Gasteiger partial charge in [-0.1, -0.05) is 38.5 Å². The first kappa shape index (κ1) is 11.9. The van der Waals surface area contributed by atoms with Gasteiger partial charge in [0.15, 0.2) is 0 Å². The van der Waals surface area contributed by atoms with Crippen LogP contribution in [0.25, 0.3) is 0 Å². The number of rotatable bonds is 0. The van der Waals surface area contributed by atoms with Crippen molar-refractivity contribution in [1.82, 2.24) is 0 Å². The molecule has 1 heterocycles. The van der Waals surface area contributed by atoms with Gasteiger partial charge in [0, 0.05) is 0 Å². The Morgan fingerprint density at radius 2 is 1.38 bits per heavy atom. The molecule has 2 spiro atoms. The van der Waals surface area contributed by atoms with E-state index in [1.807, 2.05) is 10.8 Å². The van der Waals surface area contributed by atoms with Crippen molar-refractivity contribution in [3.05, 3.63) is 0 Å². The van der Waals surface area contributed by atoms with Crippen LogP contribution in [0.15, 0.2) is 0 Å². The van der Waals surface area contributed by atoms with Crippen LogP contribution < -0.4 is 0 Å². The van der Waals surface area contributed by atoms with E-state index in [-0.39, 0.29) is 4.08 Å². The molecule has 2 saturated carbocycles. The van der Waals surface area contributed by atoms with E-state index in [0.29, 0.717) is 4.08 Å². The highest BCUT2D eigenvalue weighted by Gasteiger charge is 2.55. The molecule has 3 rings (SSSR count). The van der Waals surface area contributed by atoms with Gasteiger partial charge in [0.25, 0.3) is 0 Å². The minimum atomic E-state index is -0.625. The van der Waals surface area contributed by atoms with E-state index in [0.717, 1.165) is 0 Å². The van der Waals surface area contributed by atoms with Crippen molar-refractivity contribution in [3.63, 3.8) is 0 Å². The van der Waals surface area contributed by atoms with Gasteiger partial charge in [0.05, 0.1) is 13.9 Å². The summed E-state index contributed by atoms with van der Waals surface area (Å²) in [5.74, 6) is 0. The van der Waals surface area contributed by atoms with E-state index < -0.39 is 9.83 Å². The second-order valence-corrected chi connectivity index (χ2v) is 11.3. The van der Waals surface area contributed by atoms with Crippen molar-refractivity contribution in [2.24, 2.45) is 0 Å². The number of hydrogen-bond acceptors (Lipinski definition) is 3. The Morgan fingerprint density at radius 3 is 2.00 bits per heavy atom. The van der Waals surface area contributed by atoms with Gasteiger partial charge in [-0.25, -0.2) is 4.21 Å². The lowest BCUT2D eigenvalue weighted by atomic mass is 9.99. The standard InChI is InChI=1S/C12H20OS3/c13-16-12(9-5-2-6-10-12)14-11(15-16)7-3-1-4-8-11/h1-10H2. The van der Waals surface area contributed by atoms with Crippen LogP contribution in [0.3, 0.4) is 0 Å². The van der Waals surface area contributed by atoms with Crippen molar-refractivity contribution in [3.8, 4) is 0 Å². The van der Waals surface area contributed by atoms with Crippen molar-refractivity contribution in [1.29, 1.82) is 0 Å². The van der Waals surface area contributed by atoms with E-state index in [2.05, 4.69) is 11.8 Å². The second-order valence-electron chi connectivity index (χ2n) is 5.36.